The van der Waals surface area contributed by atoms with Crippen LogP contribution in [0.2, 0.25) is 10.0 Å². The molecule has 4 aromatic rings. The second kappa shape index (κ2) is 15.4. The molecule has 0 aromatic heterocycles. The Morgan fingerprint density at radius 1 is 0.830 bits per heavy atom. The van der Waals surface area contributed by atoms with Crippen LogP contribution < -0.4 is 9.62 Å². The second-order valence-corrected chi connectivity index (χ2v) is 15.5. The minimum Gasteiger partial charge on any atom is -0.350 e. The van der Waals surface area contributed by atoms with Crippen LogP contribution in [0.3, 0.4) is 0 Å². The third-order valence-electron chi connectivity index (χ3n) is 7.58. The molecule has 10 heteroatoms. The van der Waals surface area contributed by atoms with Gasteiger partial charge in [0.25, 0.3) is 10.0 Å². The number of halogens is 2. The van der Waals surface area contributed by atoms with Gasteiger partial charge in [0.15, 0.2) is 0 Å². The van der Waals surface area contributed by atoms with Crippen LogP contribution in [0.5, 0.6) is 0 Å². The van der Waals surface area contributed by atoms with E-state index in [2.05, 4.69) is 5.32 Å². The number of carbonyl (C=O) groups excluding carboxylic acids is 2. The zero-order chi connectivity index (χ0) is 34.4. The topological polar surface area (TPSA) is 86.8 Å². The highest BCUT2D eigenvalue weighted by Crippen LogP contribution is 2.28. The lowest BCUT2D eigenvalue weighted by Crippen LogP contribution is -2.56. The highest BCUT2D eigenvalue weighted by atomic mass is 35.5. The molecule has 4 aromatic carbocycles. The number of nitrogens with one attached hydrogen (secondary N) is 1. The van der Waals surface area contributed by atoms with Gasteiger partial charge in [-0.3, -0.25) is 13.9 Å². The Balaban J connectivity index is 1.84. The van der Waals surface area contributed by atoms with E-state index >= 15 is 0 Å². The second-order valence-electron chi connectivity index (χ2n) is 12.8. The molecule has 0 radical (unpaired) electrons. The quantitative estimate of drug-likeness (QED) is 0.164. The van der Waals surface area contributed by atoms with Crippen molar-refractivity contribution in [3.8, 4) is 0 Å². The minimum absolute atomic E-state index is 0.0411. The van der Waals surface area contributed by atoms with Crippen LogP contribution in [0.15, 0.2) is 108 Å². The summed E-state index contributed by atoms with van der Waals surface area (Å²) in [5.41, 5.74) is 2.15. The van der Waals surface area contributed by atoms with Crippen LogP contribution in [-0.4, -0.2) is 43.3 Å². The summed E-state index contributed by atoms with van der Waals surface area (Å²) in [5, 5.41) is 3.77. The van der Waals surface area contributed by atoms with E-state index < -0.39 is 34.1 Å². The van der Waals surface area contributed by atoms with Crippen LogP contribution in [0.4, 0.5) is 5.69 Å². The van der Waals surface area contributed by atoms with Gasteiger partial charge in [0.1, 0.15) is 12.6 Å². The highest BCUT2D eigenvalue weighted by molar-refractivity contribution is 7.92. The molecule has 47 heavy (non-hydrogen) atoms. The first kappa shape index (κ1) is 36.0. The van der Waals surface area contributed by atoms with Crippen LogP contribution >= 0.6 is 23.2 Å². The van der Waals surface area contributed by atoms with E-state index in [1.165, 1.54) is 17.0 Å². The molecule has 0 saturated heterocycles. The van der Waals surface area contributed by atoms with Gasteiger partial charge < -0.3 is 10.2 Å². The van der Waals surface area contributed by atoms with E-state index in [-0.39, 0.29) is 29.7 Å². The predicted octanol–water partition coefficient (Wildman–Crippen LogP) is 7.87. The van der Waals surface area contributed by atoms with Crippen LogP contribution in [0.1, 0.15) is 57.2 Å². The van der Waals surface area contributed by atoms with E-state index in [0.717, 1.165) is 15.4 Å². The third kappa shape index (κ3) is 9.60. The highest BCUT2D eigenvalue weighted by Gasteiger charge is 2.36. The molecular formula is C37H41Cl2N3O4S. The maximum Gasteiger partial charge on any atom is 0.264 e. The van der Waals surface area contributed by atoms with Crippen molar-refractivity contribution in [3.05, 3.63) is 130 Å². The van der Waals surface area contributed by atoms with Crippen molar-refractivity contribution in [3.63, 3.8) is 0 Å². The number of nitrogens with zero attached hydrogens (tertiary/aromatic N) is 2. The van der Waals surface area contributed by atoms with Crippen molar-refractivity contribution < 1.29 is 18.0 Å². The monoisotopic (exact) mass is 693 g/mol. The summed E-state index contributed by atoms with van der Waals surface area (Å²) in [6.07, 6.45) is 0.189. The van der Waals surface area contributed by atoms with Crippen LogP contribution in [0, 0.1) is 0 Å². The van der Waals surface area contributed by atoms with Crippen molar-refractivity contribution in [2.75, 3.05) is 10.8 Å². The molecule has 0 saturated carbocycles. The molecule has 0 bridgehead atoms. The molecule has 0 unspecified atom stereocenters. The Morgan fingerprint density at radius 3 is 1.98 bits per heavy atom. The molecule has 0 heterocycles. The molecule has 0 aliphatic carbocycles. The summed E-state index contributed by atoms with van der Waals surface area (Å²) in [4.78, 5) is 30.1. The van der Waals surface area contributed by atoms with E-state index in [1.807, 2.05) is 77.1 Å². The molecule has 0 spiro atoms. The lowest BCUT2D eigenvalue weighted by Gasteiger charge is -2.35. The van der Waals surface area contributed by atoms with E-state index in [4.69, 9.17) is 23.2 Å². The maximum atomic E-state index is 14.6. The molecular weight excluding hydrogens is 653 g/mol. The van der Waals surface area contributed by atoms with Crippen molar-refractivity contribution >= 4 is 50.7 Å². The Hall–Kier alpha value is -3.85. The molecule has 0 fully saturated rings. The number of hydrogen-bond acceptors (Lipinski definition) is 4. The van der Waals surface area contributed by atoms with Crippen molar-refractivity contribution in [2.45, 2.75) is 70.0 Å². The first-order valence-corrected chi connectivity index (χ1v) is 17.6. The summed E-state index contributed by atoms with van der Waals surface area (Å²) in [6.45, 7) is 9.07. The van der Waals surface area contributed by atoms with Gasteiger partial charge in [-0.15, -0.1) is 0 Å². The Morgan fingerprint density at radius 2 is 1.43 bits per heavy atom. The zero-order valence-corrected chi connectivity index (χ0v) is 29.6. The number of benzene rings is 4. The molecule has 248 valence electrons. The SMILES string of the molecule is CC(C)c1ccc(N(CC(=O)N(Cc2ccc(Cl)cc2Cl)[C@@H](Cc2ccccc2)C(=O)NC(C)(C)C)S(=O)(=O)c2ccccc2)cc1. The number of anilines is 1. The standard InChI is InChI=1S/C37H41Cl2N3O4S/c1-26(2)28-17-20-31(21-18-28)42(47(45,46)32-14-10-7-11-15-32)25-35(43)41(24-29-16-19-30(38)23-33(29)39)34(36(44)40-37(3,4)5)22-27-12-8-6-9-13-27/h6-21,23,26,34H,22,24-25H2,1-5H3,(H,40,44)/t34-/m0/s1. The molecule has 1 atom stereocenters. The summed E-state index contributed by atoms with van der Waals surface area (Å²) in [6, 6.07) is 28.4. The summed E-state index contributed by atoms with van der Waals surface area (Å²) in [5.74, 6) is -0.725. The fourth-order valence-electron chi connectivity index (χ4n) is 5.11. The van der Waals surface area contributed by atoms with Crippen LogP contribution in [-0.2, 0) is 32.6 Å². The van der Waals surface area contributed by atoms with Crippen molar-refractivity contribution in [1.29, 1.82) is 0 Å². The van der Waals surface area contributed by atoms with Gasteiger partial charge >= 0.3 is 0 Å². The first-order valence-electron chi connectivity index (χ1n) is 15.4. The molecule has 7 nitrogen and oxygen atoms in total. The van der Waals surface area contributed by atoms with E-state index in [1.54, 1.807) is 48.5 Å². The van der Waals surface area contributed by atoms with E-state index in [0.29, 0.717) is 21.3 Å². The average molecular weight is 695 g/mol. The van der Waals surface area contributed by atoms with Gasteiger partial charge in [-0.2, -0.15) is 0 Å². The third-order valence-corrected chi connectivity index (χ3v) is 9.96. The summed E-state index contributed by atoms with van der Waals surface area (Å²) < 4.78 is 29.5. The van der Waals surface area contributed by atoms with Crippen molar-refractivity contribution in [1.82, 2.24) is 10.2 Å². The average Bonchev–Trinajstić information content (AvgIpc) is 3.02. The number of sulfonamides is 1. The maximum absolute atomic E-state index is 14.6. The molecule has 0 aliphatic rings. The number of amides is 2. The number of carbonyl (C=O) groups is 2. The van der Waals surface area contributed by atoms with Gasteiger partial charge in [-0.1, -0.05) is 104 Å². The lowest BCUT2D eigenvalue weighted by molar-refractivity contribution is -0.140. The van der Waals surface area contributed by atoms with Crippen molar-refractivity contribution in [2.24, 2.45) is 0 Å². The smallest absolute Gasteiger partial charge is 0.264 e. The number of hydrogen-bond donors (Lipinski definition) is 1. The summed E-state index contributed by atoms with van der Waals surface area (Å²) in [7, 11) is -4.19. The van der Waals surface area contributed by atoms with Gasteiger partial charge in [-0.25, -0.2) is 8.42 Å². The van der Waals surface area contributed by atoms with Gasteiger partial charge in [-0.05, 0) is 79.8 Å². The van der Waals surface area contributed by atoms with Gasteiger partial charge in [0.2, 0.25) is 11.8 Å². The molecule has 2 amide bonds. The largest absolute Gasteiger partial charge is 0.350 e. The molecule has 1 N–H and O–H groups in total. The Kier molecular flexibility index (Phi) is 11.8. The van der Waals surface area contributed by atoms with E-state index in [9.17, 15) is 18.0 Å². The molecule has 0 aliphatic heterocycles. The predicted molar refractivity (Wildman–Crippen MR) is 190 cm³/mol. The Labute approximate surface area is 288 Å². The minimum atomic E-state index is -4.19. The van der Waals surface area contributed by atoms with Gasteiger partial charge in [0, 0.05) is 28.5 Å². The fraction of sp³-hybridized carbons (Fsp3) is 0.297. The first-order chi connectivity index (χ1) is 22.2. The number of rotatable bonds is 12. The van der Waals surface area contributed by atoms with Crippen LogP contribution in [0.25, 0.3) is 0 Å². The molecule has 4 rings (SSSR count). The van der Waals surface area contributed by atoms with Gasteiger partial charge in [0.05, 0.1) is 10.6 Å². The lowest BCUT2D eigenvalue weighted by atomic mass is 10.0. The normalized spacial score (nSPS) is 12.4. The summed E-state index contributed by atoms with van der Waals surface area (Å²) >= 11 is 12.8. The fourth-order valence-corrected chi connectivity index (χ4v) is 7.02. The zero-order valence-electron chi connectivity index (χ0n) is 27.3. The Bertz CT molecular complexity index is 1780.